The largest absolute Gasteiger partial charge is 0.340 e. The van der Waals surface area contributed by atoms with Crippen molar-refractivity contribution >= 4 is 21.8 Å². The van der Waals surface area contributed by atoms with Gasteiger partial charge in [0.05, 0.1) is 16.7 Å². The summed E-state index contributed by atoms with van der Waals surface area (Å²) in [5, 5.41) is 4.44. The molecule has 1 fully saturated rings. The van der Waals surface area contributed by atoms with E-state index in [1.54, 1.807) is 0 Å². The van der Waals surface area contributed by atoms with E-state index in [1.807, 2.05) is 23.4 Å². The van der Waals surface area contributed by atoms with Gasteiger partial charge in [-0.15, -0.1) is 0 Å². The number of piperazine rings is 1. The van der Waals surface area contributed by atoms with Crippen LogP contribution in [0.4, 0.5) is 0 Å². The van der Waals surface area contributed by atoms with Gasteiger partial charge in [-0.1, -0.05) is 6.92 Å². The molecule has 0 atom stereocenters. The molecular weight excluding hydrogens is 320 g/mol. The highest BCUT2D eigenvalue weighted by atomic mass is 79.9. The zero-order chi connectivity index (χ0) is 14.7. The maximum absolute atomic E-state index is 12.2. The summed E-state index contributed by atoms with van der Waals surface area (Å²) in [5.41, 5.74) is 2.07. The van der Waals surface area contributed by atoms with Gasteiger partial charge in [-0.05, 0) is 36.3 Å². The fraction of sp³-hybridized carbons (Fsp3) is 0.714. The summed E-state index contributed by atoms with van der Waals surface area (Å²) >= 11 is 3.51. The molecule has 1 amide bonds. The molecule has 1 aromatic heterocycles. The Morgan fingerprint density at radius 2 is 1.90 bits per heavy atom. The van der Waals surface area contributed by atoms with Gasteiger partial charge in [-0.25, -0.2) is 0 Å². The van der Waals surface area contributed by atoms with Crippen LogP contribution in [0, 0.1) is 13.8 Å². The summed E-state index contributed by atoms with van der Waals surface area (Å²) in [6.07, 6.45) is 0.528. The number of rotatable bonds is 4. The molecular formula is C14H23BrN4O. The van der Waals surface area contributed by atoms with Crippen molar-refractivity contribution in [3.8, 4) is 0 Å². The predicted octanol–water partition coefficient (Wildman–Crippen LogP) is 1.82. The molecule has 2 heterocycles. The molecule has 1 aliphatic heterocycles. The number of hydrogen-bond acceptors (Lipinski definition) is 3. The summed E-state index contributed by atoms with van der Waals surface area (Å²) in [4.78, 5) is 16.6. The fourth-order valence-electron chi connectivity index (χ4n) is 2.57. The third kappa shape index (κ3) is 3.41. The van der Waals surface area contributed by atoms with E-state index < -0.39 is 0 Å². The Hall–Kier alpha value is -0.880. The maximum atomic E-state index is 12.2. The highest BCUT2D eigenvalue weighted by Crippen LogP contribution is 2.20. The number of carbonyl (C=O) groups excluding carboxylic acids is 1. The first-order valence-electron chi connectivity index (χ1n) is 7.22. The lowest BCUT2D eigenvalue weighted by Gasteiger charge is -2.34. The number of amides is 1. The van der Waals surface area contributed by atoms with Gasteiger partial charge < -0.3 is 9.80 Å². The van der Waals surface area contributed by atoms with Crippen molar-refractivity contribution in [2.45, 2.75) is 33.7 Å². The van der Waals surface area contributed by atoms with E-state index in [1.165, 1.54) is 0 Å². The van der Waals surface area contributed by atoms with E-state index in [0.717, 1.165) is 48.6 Å². The van der Waals surface area contributed by atoms with Gasteiger partial charge >= 0.3 is 0 Å². The third-order valence-corrected chi connectivity index (χ3v) is 5.15. The van der Waals surface area contributed by atoms with Crippen molar-refractivity contribution in [2.75, 3.05) is 32.7 Å². The van der Waals surface area contributed by atoms with Crippen LogP contribution in [0.25, 0.3) is 0 Å². The number of hydrogen-bond donors (Lipinski definition) is 0. The van der Waals surface area contributed by atoms with E-state index in [0.29, 0.717) is 13.0 Å². The molecule has 20 heavy (non-hydrogen) atoms. The number of nitrogens with zero attached hydrogens (tertiary/aromatic N) is 4. The van der Waals surface area contributed by atoms with E-state index in [4.69, 9.17) is 0 Å². The lowest BCUT2D eigenvalue weighted by atomic mass is 10.2. The average molecular weight is 343 g/mol. The molecule has 0 radical (unpaired) electrons. The fourth-order valence-corrected chi connectivity index (χ4v) is 2.85. The summed E-state index contributed by atoms with van der Waals surface area (Å²) in [7, 11) is 0. The summed E-state index contributed by atoms with van der Waals surface area (Å²) in [6.45, 7) is 11.6. The molecule has 1 aromatic rings. The molecule has 0 aliphatic carbocycles. The van der Waals surface area contributed by atoms with Crippen LogP contribution in [0.2, 0.25) is 0 Å². The Morgan fingerprint density at radius 1 is 1.25 bits per heavy atom. The Bertz CT molecular complexity index is 478. The quantitative estimate of drug-likeness (QED) is 0.837. The molecule has 0 spiro atoms. The van der Waals surface area contributed by atoms with Gasteiger partial charge in [-0.3, -0.25) is 9.48 Å². The van der Waals surface area contributed by atoms with Gasteiger partial charge in [0.25, 0.3) is 0 Å². The van der Waals surface area contributed by atoms with Crippen molar-refractivity contribution in [2.24, 2.45) is 0 Å². The zero-order valence-corrected chi connectivity index (χ0v) is 14.1. The smallest absolute Gasteiger partial charge is 0.224 e. The van der Waals surface area contributed by atoms with Crippen LogP contribution in [0.15, 0.2) is 4.47 Å². The highest BCUT2D eigenvalue weighted by molar-refractivity contribution is 9.10. The number of aromatic nitrogens is 2. The molecule has 0 saturated carbocycles. The third-order valence-electron chi connectivity index (χ3n) is 4.00. The molecule has 0 bridgehead atoms. The van der Waals surface area contributed by atoms with Gasteiger partial charge in [-0.2, -0.15) is 5.10 Å². The minimum Gasteiger partial charge on any atom is -0.340 e. The van der Waals surface area contributed by atoms with Crippen molar-refractivity contribution in [3.63, 3.8) is 0 Å². The minimum absolute atomic E-state index is 0.240. The monoisotopic (exact) mass is 342 g/mol. The van der Waals surface area contributed by atoms with Crippen LogP contribution in [0.3, 0.4) is 0 Å². The van der Waals surface area contributed by atoms with Crippen LogP contribution in [0.1, 0.15) is 24.7 Å². The Balaban J connectivity index is 1.85. The van der Waals surface area contributed by atoms with Crippen LogP contribution in [0.5, 0.6) is 0 Å². The molecule has 6 heteroatoms. The first kappa shape index (κ1) is 15.5. The van der Waals surface area contributed by atoms with Gasteiger partial charge in [0.2, 0.25) is 5.91 Å². The van der Waals surface area contributed by atoms with E-state index >= 15 is 0 Å². The highest BCUT2D eigenvalue weighted by Gasteiger charge is 2.20. The van der Waals surface area contributed by atoms with Crippen LogP contribution in [-0.4, -0.2) is 58.2 Å². The van der Waals surface area contributed by atoms with E-state index in [9.17, 15) is 4.79 Å². The minimum atomic E-state index is 0.240. The summed E-state index contributed by atoms with van der Waals surface area (Å²) in [5.74, 6) is 0.240. The van der Waals surface area contributed by atoms with Gasteiger partial charge in [0.15, 0.2) is 0 Å². The number of aryl methyl sites for hydroxylation is 2. The standard InChI is InChI=1S/C14H23BrN4O/c1-4-17-7-9-18(10-8-17)13(20)5-6-19-12(3)14(15)11(2)16-19/h4-10H2,1-3H3. The summed E-state index contributed by atoms with van der Waals surface area (Å²) < 4.78 is 2.96. The first-order chi connectivity index (χ1) is 9.52. The second-order valence-corrected chi connectivity index (χ2v) is 6.07. The number of likely N-dealkylation sites (N-methyl/N-ethyl adjacent to an activating group) is 1. The lowest BCUT2D eigenvalue weighted by molar-refractivity contribution is -0.133. The SMILES string of the molecule is CCN1CCN(C(=O)CCn2nc(C)c(Br)c2C)CC1. The Kier molecular flexibility index (Phi) is 5.21. The van der Waals surface area contributed by atoms with Crippen molar-refractivity contribution < 1.29 is 4.79 Å². The topological polar surface area (TPSA) is 41.4 Å². The van der Waals surface area contributed by atoms with Crippen LogP contribution < -0.4 is 0 Å². The van der Waals surface area contributed by atoms with Crippen molar-refractivity contribution in [3.05, 3.63) is 15.9 Å². The molecule has 1 saturated heterocycles. The molecule has 0 unspecified atom stereocenters. The Labute approximate surface area is 129 Å². The maximum Gasteiger partial charge on any atom is 0.224 e. The molecule has 5 nitrogen and oxygen atoms in total. The summed E-state index contributed by atoms with van der Waals surface area (Å²) in [6, 6.07) is 0. The van der Waals surface area contributed by atoms with Gasteiger partial charge in [0.1, 0.15) is 0 Å². The zero-order valence-electron chi connectivity index (χ0n) is 12.5. The van der Waals surface area contributed by atoms with Crippen molar-refractivity contribution in [1.82, 2.24) is 19.6 Å². The Morgan fingerprint density at radius 3 is 2.40 bits per heavy atom. The molecule has 1 aliphatic rings. The van der Waals surface area contributed by atoms with Crippen molar-refractivity contribution in [1.29, 1.82) is 0 Å². The van der Waals surface area contributed by atoms with Gasteiger partial charge in [0, 0.05) is 38.3 Å². The molecule has 0 N–H and O–H groups in total. The van der Waals surface area contributed by atoms with E-state index in [2.05, 4.69) is 32.9 Å². The first-order valence-corrected chi connectivity index (χ1v) is 8.01. The predicted molar refractivity (Wildman–Crippen MR) is 82.7 cm³/mol. The molecule has 112 valence electrons. The second-order valence-electron chi connectivity index (χ2n) is 5.27. The second kappa shape index (κ2) is 6.72. The van der Waals surface area contributed by atoms with Crippen LogP contribution >= 0.6 is 15.9 Å². The molecule has 2 rings (SSSR count). The number of carbonyl (C=O) groups is 1. The lowest BCUT2D eigenvalue weighted by Crippen LogP contribution is -2.48. The average Bonchev–Trinajstić information content (AvgIpc) is 2.72. The van der Waals surface area contributed by atoms with Crippen LogP contribution in [-0.2, 0) is 11.3 Å². The van der Waals surface area contributed by atoms with E-state index in [-0.39, 0.29) is 5.91 Å². The normalized spacial score (nSPS) is 16.7. The number of halogens is 1. The molecule has 0 aromatic carbocycles.